The molecule has 1 aromatic carbocycles. The number of nitrogens with zero attached hydrogens (tertiary/aromatic N) is 3. The van der Waals surface area contributed by atoms with Gasteiger partial charge < -0.3 is 10.0 Å². The van der Waals surface area contributed by atoms with Gasteiger partial charge in [0.1, 0.15) is 11.9 Å². The third kappa shape index (κ3) is 4.12. The Bertz CT molecular complexity index is 670. The minimum Gasteiger partial charge on any atom is -0.384 e. The van der Waals surface area contributed by atoms with Gasteiger partial charge in [0.2, 0.25) is 0 Å². The van der Waals surface area contributed by atoms with Gasteiger partial charge in [0.15, 0.2) is 5.78 Å². The maximum absolute atomic E-state index is 12.3. The molecule has 1 aliphatic heterocycles. The highest BCUT2D eigenvalue weighted by Gasteiger charge is 2.24. The first-order valence-corrected chi connectivity index (χ1v) is 8.37. The van der Waals surface area contributed by atoms with E-state index in [1.165, 1.54) is 0 Å². The standard InChI is InChI=1S/C18H20ClN3O2/c19-15-6-4-14(5-7-15)18(24)16(23)13-21-9-11-22(12-10-21)17-3-1-2-8-20-17/h1-8,16,23H,9-13H2. The Balaban J connectivity index is 1.52. The lowest BCUT2D eigenvalue weighted by Crippen LogP contribution is -2.49. The van der Waals surface area contributed by atoms with Gasteiger partial charge in [-0.15, -0.1) is 0 Å². The third-order valence-electron chi connectivity index (χ3n) is 4.21. The molecule has 1 atom stereocenters. The van der Waals surface area contributed by atoms with Crippen LogP contribution in [0.3, 0.4) is 0 Å². The first-order valence-electron chi connectivity index (χ1n) is 7.99. The number of aromatic nitrogens is 1. The van der Waals surface area contributed by atoms with Crippen molar-refractivity contribution in [1.29, 1.82) is 0 Å². The van der Waals surface area contributed by atoms with Crippen LogP contribution in [0.1, 0.15) is 10.4 Å². The second-order valence-corrected chi connectivity index (χ2v) is 6.30. The molecule has 0 aliphatic carbocycles. The normalized spacial score (nSPS) is 16.8. The van der Waals surface area contributed by atoms with Crippen molar-refractivity contribution in [3.8, 4) is 0 Å². The summed E-state index contributed by atoms with van der Waals surface area (Å²) in [5.74, 6) is 0.703. The molecule has 1 fully saturated rings. The summed E-state index contributed by atoms with van der Waals surface area (Å²) in [4.78, 5) is 21.0. The lowest BCUT2D eigenvalue weighted by molar-refractivity contribution is 0.0636. The zero-order valence-corrected chi connectivity index (χ0v) is 14.1. The van der Waals surface area contributed by atoms with Crippen molar-refractivity contribution >= 4 is 23.2 Å². The molecule has 126 valence electrons. The predicted octanol–water partition coefficient (Wildman–Crippen LogP) is 2.10. The summed E-state index contributed by atoms with van der Waals surface area (Å²) < 4.78 is 0. The number of anilines is 1. The lowest BCUT2D eigenvalue weighted by atomic mass is 10.1. The van der Waals surface area contributed by atoms with E-state index >= 15 is 0 Å². The molecule has 1 N–H and O–H groups in total. The molecular formula is C18H20ClN3O2. The number of halogens is 1. The van der Waals surface area contributed by atoms with Crippen molar-refractivity contribution in [3.05, 3.63) is 59.2 Å². The summed E-state index contributed by atoms with van der Waals surface area (Å²) in [6.07, 6.45) is 0.767. The number of Topliss-reactive ketones (excluding diaryl/α,β-unsaturated/α-hetero) is 1. The van der Waals surface area contributed by atoms with Crippen molar-refractivity contribution in [2.75, 3.05) is 37.6 Å². The molecule has 24 heavy (non-hydrogen) atoms. The van der Waals surface area contributed by atoms with E-state index in [1.54, 1.807) is 30.5 Å². The van der Waals surface area contributed by atoms with Crippen LogP contribution in [0.2, 0.25) is 5.02 Å². The van der Waals surface area contributed by atoms with Gasteiger partial charge in [0, 0.05) is 49.5 Å². The van der Waals surface area contributed by atoms with E-state index < -0.39 is 6.10 Å². The summed E-state index contributed by atoms with van der Waals surface area (Å²) in [7, 11) is 0. The van der Waals surface area contributed by atoms with E-state index in [0.717, 1.165) is 32.0 Å². The Kier molecular flexibility index (Phi) is 5.45. The molecule has 0 spiro atoms. The number of piperazine rings is 1. The van der Waals surface area contributed by atoms with Gasteiger partial charge in [0.25, 0.3) is 0 Å². The van der Waals surface area contributed by atoms with E-state index in [4.69, 9.17) is 11.6 Å². The number of hydrogen-bond donors (Lipinski definition) is 1. The largest absolute Gasteiger partial charge is 0.384 e. The molecule has 3 rings (SSSR count). The van der Waals surface area contributed by atoms with Gasteiger partial charge in [-0.2, -0.15) is 0 Å². The number of hydrogen-bond acceptors (Lipinski definition) is 5. The molecule has 1 aromatic heterocycles. The van der Waals surface area contributed by atoms with Crippen LogP contribution in [0, 0.1) is 0 Å². The Morgan fingerprint density at radius 2 is 1.83 bits per heavy atom. The number of carbonyl (C=O) groups excluding carboxylic acids is 1. The van der Waals surface area contributed by atoms with E-state index in [9.17, 15) is 9.90 Å². The Labute approximate surface area is 146 Å². The van der Waals surface area contributed by atoms with Crippen LogP contribution < -0.4 is 4.90 Å². The SMILES string of the molecule is O=C(c1ccc(Cl)cc1)C(O)CN1CCN(c2ccccn2)CC1. The van der Waals surface area contributed by atoms with Gasteiger partial charge in [-0.25, -0.2) is 4.98 Å². The van der Waals surface area contributed by atoms with Crippen molar-refractivity contribution in [2.45, 2.75) is 6.10 Å². The quantitative estimate of drug-likeness (QED) is 0.841. The van der Waals surface area contributed by atoms with Gasteiger partial charge in [-0.05, 0) is 36.4 Å². The smallest absolute Gasteiger partial charge is 0.192 e. The average Bonchev–Trinajstić information content (AvgIpc) is 2.63. The number of ketones is 1. The van der Waals surface area contributed by atoms with Crippen molar-refractivity contribution < 1.29 is 9.90 Å². The summed E-state index contributed by atoms with van der Waals surface area (Å²) in [5.41, 5.74) is 0.485. The highest BCUT2D eigenvalue weighted by Crippen LogP contribution is 2.14. The number of β-amino-alcohol motifs (C(OH)–C–C–N with tert-alkyl or cyclic N) is 1. The van der Waals surface area contributed by atoms with Gasteiger partial charge in [-0.3, -0.25) is 9.69 Å². The van der Waals surface area contributed by atoms with E-state index in [0.29, 0.717) is 17.1 Å². The first-order chi connectivity index (χ1) is 11.6. The molecule has 1 aliphatic rings. The number of carbonyl (C=O) groups is 1. The van der Waals surface area contributed by atoms with Crippen molar-refractivity contribution in [3.63, 3.8) is 0 Å². The molecule has 1 unspecified atom stereocenters. The highest BCUT2D eigenvalue weighted by atomic mass is 35.5. The molecule has 0 amide bonds. The summed E-state index contributed by atoms with van der Waals surface area (Å²) in [6, 6.07) is 12.5. The Hall–Kier alpha value is -1.95. The van der Waals surface area contributed by atoms with Gasteiger partial charge in [-0.1, -0.05) is 17.7 Å². The summed E-state index contributed by atoms with van der Waals surface area (Å²) >= 11 is 5.82. The van der Waals surface area contributed by atoms with E-state index in [2.05, 4.69) is 14.8 Å². The molecule has 1 saturated heterocycles. The van der Waals surface area contributed by atoms with Crippen molar-refractivity contribution in [1.82, 2.24) is 9.88 Å². The zero-order chi connectivity index (χ0) is 16.9. The van der Waals surface area contributed by atoms with Gasteiger partial charge >= 0.3 is 0 Å². The fourth-order valence-corrected chi connectivity index (χ4v) is 2.96. The topological polar surface area (TPSA) is 56.7 Å². The van der Waals surface area contributed by atoms with Gasteiger partial charge in [0.05, 0.1) is 0 Å². The zero-order valence-electron chi connectivity index (χ0n) is 13.3. The van der Waals surface area contributed by atoms with Crippen LogP contribution in [-0.4, -0.2) is 59.6 Å². The van der Waals surface area contributed by atoms with Crippen LogP contribution >= 0.6 is 11.6 Å². The second kappa shape index (κ2) is 7.75. The average molecular weight is 346 g/mol. The molecule has 0 saturated carbocycles. The molecule has 6 heteroatoms. The maximum atomic E-state index is 12.3. The molecular weight excluding hydrogens is 326 g/mol. The number of aliphatic hydroxyl groups excluding tert-OH is 1. The third-order valence-corrected chi connectivity index (χ3v) is 4.46. The number of benzene rings is 1. The fourth-order valence-electron chi connectivity index (χ4n) is 2.83. The minimum absolute atomic E-state index is 0.265. The predicted molar refractivity (Wildman–Crippen MR) is 94.7 cm³/mol. The van der Waals surface area contributed by atoms with Crippen LogP contribution in [0.25, 0.3) is 0 Å². The van der Waals surface area contributed by atoms with Crippen LogP contribution in [-0.2, 0) is 0 Å². The number of aliphatic hydroxyl groups is 1. The highest BCUT2D eigenvalue weighted by molar-refractivity contribution is 6.30. The molecule has 2 aromatic rings. The summed E-state index contributed by atoms with van der Waals surface area (Å²) in [5, 5.41) is 10.8. The Morgan fingerprint density at radius 1 is 1.12 bits per heavy atom. The number of pyridine rings is 1. The fraction of sp³-hybridized carbons (Fsp3) is 0.333. The minimum atomic E-state index is -1.02. The van der Waals surface area contributed by atoms with Crippen LogP contribution in [0.5, 0.6) is 0 Å². The van der Waals surface area contributed by atoms with E-state index in [-0.39, 0.29) is 5.78 Å². The lowest BCUT2D eigenvalue weighted by Gasteiger charge is -2.36. The maximum Gasteiger partial charge on any atom is 0.192 e. The summed E-state index contributed by atoms with van der Waals surface area (Å²) in [6.45, 7) is 3.60. The first kappa shape index (κ1) is 16.9. The molecule has 2 heterocycles. The van der Waals surface area contributed by atoms with Crippen LogP contribution in [0.4, 0.5) is 5.82 Å². The Morgan fingerprint density at radius 3 is 2.46 bits per heavy atom. The molecule has 0 bridgehead atoms. The molecule has 0 radical (unpaired) electrons. The van der Waals surface area contributed by atoms with E-state index in [1.807, 2.05) is 18.2 Å². The second-order valence-electron chi connectivity index (χ2n) is 5.86. The number of rotatable bonds is 5. The molecule has 5 nitrogen and oxygen atoms in total. The monoisotopic (exact) mass is 345 g/mol. The van der Waals surface area contributed by atoms with Crippen LogP contribution in [0.15, 0.2) is 48.7 Å². The van der Waals surface area contributed by atoms with Crippen molar-refractivity contribution in [2.24, 2.45) is 0 Å².